The molecule has 82 heavy (non-hydrogen) atoms. The summed E-state index contributed by atoms with van der Waals surface area (Å²) >= 11 is 0. The summed E-state index contributed by atoms with van der Waals surface area (Å²) in [5.74, 6) is 13.0. The summed E-state index contributed by atoms with van der Waals surface area (Å²) in [6.07, 6.45) is 42.9. The van der Waals surface area contributed by atoms with Crippen LogP contribution in [0.2, 0.25) is 0 Å². The maximum atomic E-state index is 2.38. The Morgan fingerprint density at radius 2 is 0.561 bits per heavy atom. The molecular formula is C82H184. The van der Waals surface area contributed by atoms with Gasteiger partial charge in [-0.2, -0.15) is 0 Å². The Morgan fingerprint density at radius 3 is 0.598 bits per heavy atom. The summed E-state index contributed by atoms with van der Waals surface area (Å²) in [6.45, 7) is 81.8. The first kappa shape index (κ1) is 104. The highest BCUT2D eigenvalue weighted by Gasteiger charge is 2.25. The van der Waals surface area contributed by atoms with Gasteiger partial charge in [-0.15, -0.1) is 0 Å². The van der Waals surface area contributed by atoms with E-state index in [1.165, 1.54) is 193 Å². The molecule has 4 unspecified atom stereocenters. The minimum atomic E-state index is 0.500. The normalized spacial score (nSPS) is 20.6. The summed E-state index contributed by atoms with van der Waals surface area (Å²) in [5.41, 5.74) is 1.04. The van der Waals surface area contributed by atoms with Crippen LogP contribution in [0.5, 0.6) is 0 Å². The Hall–Kier alpha value is 0. The van der Waals surface area contributed by atoms with Gasteiger partial charge in [-0.1, -0.05) is 449 Å². The van der Waals surface area contributed by atoms with E-state index in [-0.39, 0.29) is 0 Å². The van der Waals surface area contributed by atoms with Crippen molar-refractivity contribution in [2.75, 3.05) is 0 Å². The van der Waals surface area contributed by atoms with Crippen LogP contribution < -0.4 is 0 Å². The quantitative estimate of drug-likeness (QED) is 0.238. The lowest BCUT2D eigenvalue weighted by atomic mass is 9.84. The van der Waals surface area contributed by atoms with E-state index in [0.29, 0.717) is 10.8 Å². The third-order valence-electron chi connectivity index (χ3n) is 16.0. The molecule has 0 heteroatoms. The molecule has 0 aromatic carbocycles. The van der Waals surface area contributed by atoms with Gasteiger partial charge in [-0.3, -0.25) is 0 Å². The van der Waals surface area contributed by atoms with Crippen molar-refractivity contribution >= 4 is 0 Å². The van der Waals surface area contributed by atoms with Crippen molar-refractivity contribution in [2.24, 2.45) is 87.8 Å². The zero-order valence-corrected chi connectivity index (χ0v) is 66.7. The van der Waals surface area contributed by atoms with E-state index in [1.54, 1.807) is 0 Å². The SMILES string of the molecule is CC.CC.CC(C)(C)C.CC(C)C.CC1CC1.CC1CCC(C)C1C.CC1CCC1.CC1CCCC1.CC1CCCC1C.CCC.CCC(C)(C)C.CCC(C)C.CCC(C)C.CCC1CC1.CCC1CCC1.CCCC.CCCCC. The van der Waals surface area contributed by atoms with Crippen LogP contribution in [0.25, 0.3) is 0 Å². The topological polar surface area (TPSA) is 0 Å². The van der Waals surface area contributed by atoms with Crippen molar-refractivity contribution < 1.29 is 0 Å². The largest absolute Gasteiger partial charge is 0.0683 e. The molecule has 7 aliphatic rings. The molecule has 0 spiro atoms. The highest BCUT2D eigenvalue weighted by molar-refractivity contribution is 4.76. The Bertz CT molecular complexity index is 930. The second kappa shape index (κ2) is 79.0. The molecule has 7 fully saturated rings. The van der Waals surface area contributed by atoms with Gasteiger partial charge in [0.25, 0.3) is 0 Å². The second-order valence-corrected chi connectivity index (χ2v) is 30.8. The predicted molar refractivity (Wildman–Crippen MR) is 399 cm³/mol. The van der Waals surface area contributed by atoms with Gasteiger partial charge in [0.2, 0.25) is 0 Å². The van der Waals surface area contributed by atoms with Crippen molar-refractivity contribution in [3.8, 4) is 0 Å². The third kappa shape index (κ3) is 130. The first-order chi connectivity index (χ1) is 38.1. The third-order valence-corrected chi connectivity index (χ3v) is 16.0. The van der Waals surface area contributed by atoms with E-state index < -0.39 is 0 Å². The standard InChI is InChI=1S/C8H16.C7H14.2C6H12.C6H14.2C5H10.4C5H12.C4H8.2C4H10.C3H8.2C2H6/c1-6-4-5-7(2)8(6)3;1-6-4-3-5-7(6)2;1-6-4-2-3-5-6;1-2-6-4-3-5-6;1-5-6(2,3)4;1-5-3-2-4-5;1-2-5-3-4-5;1-5(2,3)4;2*1-4-5(2)3;1-3-5-4-2;1-4-2-3-4;1-4(2)3;1-3-4-2;1-3-2;2*1-2/h6-8H,4-5H2,1-3H3;6-7H,3-5H2,1-2H3;2*6H,2-5H2,1H3;5H2,1-4H3;2*5H,2-4H2,1H3;1-4H3;2*5H,4H2,1-3H3;3-5H2,1-2H3;4H,2-3H2,1H3;4H,1-3H3;3-4H2,1-2H3;3H2,1-2H3;2*1-2H3. The van der Waals surface area contributed by atoms with Crippen molar-refractivity contribution in [1.82, 2.24) is 0 Å². The zero-order valence-electron chi connectivity index (χ0n) is 66.7. The molecule has 0 radical (unpaired) electrons. The summed E-state index contributed by atoms with van der Waals surface area (Å²) in [5, 5.41) is 0. The highest BCUT2D eigenvalue weighted by atomic mass is 14.3. The van der Waals surface area contributed by atoms with Crippen LogP contribution in [0.4, 0.5) is 0 Å². The van der Waals surface area contributed by atoms with Crippen LogP contribution in [-0.2, 0) is 0 Å². The van der Waals surface area contributed by atoms with E-state index in [9.17, 15) is 0 Å². The number of hydrogen-bond donors (Lipinski definition) is 0. The monoisotopic (exact) mass is 1170 g/mol. The van der Waals surface area contributed by atoms with E-state index in [2.05, 4.69) is 228 Å². The van der Waals surface area contributed by atoms with E-state index >= 15 is 0 Å². The van der Waals surface area contributed by atoms with Crippen molar-refractivity contribution in [1.29, 1.82) is 0 Å². The molecule has 0 aromatic heterocycles. The average molecular weight is 1170 g/mol. The fourth-order valence-electron chi connectivity index (χ4n) is 6.63. The second-order valence-electron chi connectivity index (χ2n) is 30.8. The van der Waals surface area contributed by atoms with Crippen LogP contribution in [-0.4, -0.2) is 0 Å². The minimum Gasteiger partial charge on any atom is -0.0683 e. The zero-order chi connectivity index (χ0) is 66.7. The molecule has 512 valence electrons. The van der Waals surface area contributed by atoms with Gasteiger partial charge in [0.1, 0.15) is 0 Å². The van der Waals surface area contributed by atoms with Crippen LogP contribution >= 0.6 is 0 Å². The van der Waals surface area contributed by atoms with Gasteiger partial charge < -0.3 is 0 Å². The maximum absolute atomic E-state index is 2.38. The molecule has 0 nitrogen and oxygen atoms in total. The summed E-state index contributed by atoms with van der Waals surface area (Å²) in [4.78, 5) is 0. The molecule has 0 saturated heterocycles. The predicted octanol–water partition coefficient (Wildman–Crippen LogP) is 32.3. The van der Waals surface area contributed by atoms with Crippen LogP contribution in [0.1, 0.15) is 449 Å². The molecule has 7 saturated carbocycles. The molecule has 0 amide bonds. The fraction of sp³-hybridized carbons (Fsp3) is 1.00. The summed E-state index contributed by atoms with van der Waals surface area (Å²) < 4.78 is 0. The number of hydrogen-bond acceptors (Lipinski definition) is 0. The minimum absolute atomic E-state index is 0.500. The molecular weight excluding hydrogens is 985 g/mol. The molecule has 0 N–H and O–H groups in total. The van der Waals surface area contributed by atoms with Gasteiger partial charge >= 0.3 is 0 Å². The Balaban J connectivity index is -0.0000000847. The van der Waals surface area contributed by atoms with E-state index in [1.807, 2.05) is 27.7 Å². The van der Waals surface area contributed by atoms with E-state index in [0.717, 1.165) is 76.9 Å². The molecule has 4 atom stereocenters. The lowest BCUT2D eigenvalue weighted by Gasteiger charge is -2.22. The highest BCUT2D eigenvalue weighted by Crippen LogP contribution is 2.36. The Kier molecular flexibility index (Phi) is 100. The molecule has 0 bridgehead atoms. The van der Waals surface area contributed by atoms with Crippen LogP contribution in [0.3, 0.4) is 0 Å². The molecule has 0 heterocycles. The van der Waals surface area contributed by atoms with Gasteiger partial charge in [0, 0.05) is 0 Å². The molecule has 7 rings (SSSR count). The molecule has 0 aliphatic heterocycles. The van der Waals surface area contributed by atoms with Gasteiger partial charge in [-0.05, 0) is 87.8 Å². The number of unbranched alkanes of at least 4 members (excludes halogenated alkanes) is 3. The van der Waals surface area contributed by atoms with Crippen molar-refractivity contribution in [3.63, 3.8) is 0 Å². The fourth-order valence-corrected chi connectivity index (χ4v) is 6.63. The molecule has 7 aliphatic carbocycles. The summed E-state index contributed by atoms with van der Waals surface area (Å²) in [6, 6.07) is 0. The van der Waals surface area contributed by atoms with E-state index in [4.69, 9.17) is 0 Å². The van der Waals surface area contributed by atoms with Crippen LogP contribution in [0, 0.1) is 87.8 Å². The van der Waals surface area contributed by atoms with Gasteiger partial charge in [0.05, 0.1) is 0 Å². The lowest BCUT2D eigenvalue weighted by molar-refractivity contribution is 0.307. The lowest BCUT2D eigenvalue weighted by Crippen LogP contribution is -2.08. The Labute approximate surface area is 533 Å². The van der Waals surface area contributed by atoms with Gasteiger partial charge in [0.15, 0.2) is 0 Å². The average Bonchev–Trinajstić information content (AvgIpc) is 4.29. The van der Waals surface area contributed by atoms with Crippen molar-refractivity contribution in [3.05, 3.63) is 0 Å². The molecule has 0 aromatic rings. The maximum Gasteiger partial charge on any atom is -0.0385 e. The first-order valence-corrected chi connectivity index (χ1v) is 38.1. The summed E-state index contributed by atoms with van der Waals surface area (Å²) in [7, 11) is 0. The first-order valence-electron chi connectivity index (χ1n) is 38.1. The Morgan fingerprint density at radius 1 is 0.329 bits per heavy atom. The smallest absolute Gasteiger partial charge is 0.0385 e. The van der Waals surface area contributed by atoms with Gasteiger partial charge in [-0.25, -0.2) is 0 Å². The van der Waals surface area contributed by atoms with Crippen molar-refractivity contribution in [2.45, 2.75) is 449 Å². The number of rotatable bonds is 7. The van der Waals surface area contributed by atoms with Crippen LogP contribution in [0.15, 0.2) is 0 Å².